The van der Waals surface area contributed by atoms with Crippen LogP contribution in [0.15, 0.2) is 53.5 Å². The van der Waals surface area contributed by atoms with Crippen molar-refractivity contribution in [2.24, 2.45) is 0 Å². The number of aryl methyl sites for hydroxylation is 2. The van der Waals surface area contributed by atoms with Crippen molar-refractivity contribution in [2.45, 2.75) is 39.2 Å². The Morgan fingerprint density at radius 1 is 1.07 bits per heavy atom. The molecule has 0 amide bonds. The predicted molar refractivity (Wildman–Crippen MR) is 109 cm³/mol. The first-order valence-electron chi connectivity index (χ1n) is 9.69. The lowest BCUT2D eigenvalue weighted by Gasteiger charge is -2.12. The molecule has 28 heavy (non-hydrogen) atoms. The number of nitrogens with zero attached hydrogens (tertiary/aromatic N) is 5. The Bertz CT molecular complexity index is 1240. The van der Waals surface area contributed by atoms with Gasteiger partial charge in [-0.3, -0.25) is 4.79 Å². The van der Waals surface area contributed by atoms with E-state index in [1.807, 2.05) is 60.2 Å². The van der Waals surface area contributed by atoms with E-state index in [1.165, 1.54) is 0 Å². The van der Waals surface area contributed by atoms with Crippen LogP contribution in [0.3, 0.4) is 0 Å². The highest BCUT2D eigenvalue weighted by Gasteiger charge is 2.30. The van der Waals surface area contributed by atoms with E-state index in [0.29, 0.717) is 28.3 Å². The first kappa shape index (κ1) is 16.9. The molecule has 0 spiro atoms. The second kappa shape index (κ2) is 6.41. The minimum Gasteiger partial charge on any atom is -0.332 e. The van der Waals surface area contributed by atoms with Gasteiger partial charge in [0.15, 0.2) is 11.6 Å². The topological polar surface area (TPSA) is 65.6 Å². The fraction of sp³-hybridized carbons (Fsp3) is 0.273. The number of para-hydroxylation sites is 1. The van der Waals surface area contributed by atoms with E-state index in [2.05, 4.69) is 11.9 Å². The van der Waals surface area contributed by atoms with Crippen LogP contribution in [0.25, 0.3) is 28.1 Å². The molecule has 6 heteroatoms. The molecule has 0 atom stereocenters. The minimum atomic E-state index is -0.0564. The molecule has 1 aliphatic carbocycles. The molecule has 5 rings (SSSR count). The van der Waals surface area contributed by atoms with E-state index in [-0.39, 0.29) is 5.43 Å². The largest absolute Gasteiger partial charge is 0.332 e. The zero-order valence-electron chi connectivity index (χ0n) is 16.0. The van der Waals surface area contributed by atoms with Gasteiger partial charge >= 0.3 is 0 Å². The monoisotopic (exact) mass is 371 g/mol. The molecule has 0 bridgehead atoms. The fourth-order valence-electron chi connectivity index (χ4n) is 3.53. The molecule has 0 aliphatic heterocycles. The molecule has 1 aliphatic rings. The van der Waals surface area contributed by atoms with Crippen LogP contribution < -0.4 is 5.43 Å². The number of fused-ring (bicyclic) bond motifs is 1. The summed E-state index contributed by atoms with van der Waals surface area (Å²) in [6.45, 7) is 4.70. The van der Waals surface area contributed by atoms with E-state index in [1.54, 1.807) is 4.68 Å². The van der Waals surface area contributed by atoms with Gasteiger partial charge in [0.1, 0.15) is 5.65 Å². The van der Waals surface area contributed by atoms with Crippen molar-refractivity contribution >= 4 is 11.0 Å². The molecule has 140 valence electrons. The second-order valence-electron chi connectivity index (χ2n) is 7.30. The number of benzene rings is 1. The van der Waals surface area contributed by atoms with Gasteiger partial charge in [0.2, 0.25) is 5.43 Å². The maximum absolute atomic E-state index is 13.4. The number of hydrogen-bond acceptors (Lipinski definition) is 4. The fourth-order valence-corrected chi connectivity index (χ4v) is 3.53. The predicted octanol–water partition coefficient (Wildman–Crippen LogP) is 3.85. The van der Waals surface area contributed by atoms with E-state index in [4.69, 9.17) is 10.1 Å². The molecular formula is C22H21N5O. The molecule has 1 saturated carbocycles. The highest BCUT2D eigenvalue weighted by Crippen LogP contribution is 2.39. The summed E-state index contributed by atoms with van der Waals surface area (Å²) in [6, 6.07) is 13.6. The highest BCUT2D eigenvalue weighted by molar-refractivity contribution is 5.80. The Morgan fingerprint density at radius 3 is 2.57 bits per heavy atom. The standard InChI is InChI=1S/C22H21N5O/c1-3-26-13-18(19(28)17-12-9-14(2)23-21(17)26)22-24-20(15-10-11-15)25-27(22)16-7-5-4-6-8-16/h4-9,12-13,15H,3,10-11H2,1-2H3. The smallest absolute Gasteiger partial charge is 0.202 e. The summed E-state index contributed by atoms with van der Waals surface area (Å²) in [5.74, 6) is 1.83. The lowest BCUT2D eigenvalue weighted by Crippen LogP contribution is -2.15. The van der Waals surface area contributed by atoms with Gasteiger partial charge in [-0.05, 0) is 51.0 Å². The molecule has 4 aromatic rings. The minimum absolute atomic E-state index is 0.0564. The van der Waals surface area contributed by atoms with Crippen molar-refractivity contribution in [1.29, 1.82) is 0 Å². The molecule has 3 heterocycles. The summed E-state index contributed by atoms with van der Waals surface area (Å²) in [7, 11) is 0. The van der Waals surface area contributed by atoms with Crippen molar-refractivity contribution in [3.63, 3.8) is 0 Å². The summed E-state index contributed by atoms with van der Waals surface area (Å²) in [4.78, 5) is 22.7. The van der Waals surface area contributed by atoms with Crippen molar-refractivity contribution in [3.8, 4) is 17.1 Å². The van der Waals surface area contributed by atoms with Crippen LogP contribution in [-0.4, -0.2) is 24.3 Å². The zero-order valence-corrected chi connectivity index (χ0v) is 16.0. The molecule has 6 nitrogen and oxygen atoms in total. The van der Waals surface area contributed by atoms with Crippen LogP contribution in [0.5, 0.6) is 0 Å². The SMILES string of the molecule is CCn1cc(-c2nc(C3CC3)nn2-c2ccccc2)c(=O)c2ccc(C)nc21. The van der Waals surface area contributed by atoms with Gasteiger partial charge < -0.3 is 4.57 Å². The van der Waals surface area contributed by atoms with Crippen molar-refractivity contribution in [3.05, 3.63) is 70.4 Å². The van der Waals surface area contributed by atoms with Crippen molar-refractivity contribution < 1.29 is 0 Å². The lowest BCUT2D eigenvalue weighted by molar-refractivity contribution is 0.774. The number of hydrogen-bond donors (Lipinski definition) is 0. The summed E-state index contributed by atoms with van der Waals surface area (Å²) in [5, 5.41) is 5.36. The molecule has 0 N–H and O–H groups in total. The van der Waals surface area contributed by atoms with Gasteiger partial charge in [0, 0.05) is 24.4 Å². The van der Waals surface area contributed by atoms with Gasteiger partial charge in [-0.2, -0.15) is 5.10 Å². The molecule has 3 aromatic heterocycles. The maximum atomic E-state index is 13.4. The quantitative estimate of drug-likeness (QED) is 0.546. The first-order valence-corrected chi connectivity index (χ1v) is 9.69. The first-order chi connectivity index (χ1) is 13.7. The summed E-state index contributed by atoms with van der Waals surface area (Å²) >= 11 is 0. The average Bonchev–Trinajstić information content (AvgIpc) is 3.48. The van der Waals surface area contributed by atoms with E-state index in [9.17, 15) is 4.79 Å². The molecule has 1 fully saturated rings. The second-order valence-corrected chi connectivity index (χ2v) is 7.30. The normalized spacial score (nSPS) is 13.9. The number of pyridine rings is 2. The number of aromatic nitrogens is 5. The summed E-state index contributed by atoms with van der Waals surface area (Å²) < 4.78 is 3.82. The summed E-state index contributed by atoms with van der Waals surface area (Å²) in [6.07, 6.45) is 4.09. The zero-order chi connectivity index (χ0) is 19.3. The van der Waals surface area contributed by atoms with Crippen LogP contribution >= 0.6 is 0 Å². The van der Waals surface area contributed by atoms with Crippen LogP contribution in [0.1, 0.15) is 37.2 Å². The summed E-state index contributed by atoms with van der Waals surface area (Å²) in [5.41, 5.74) is 3.01. The van der Waals surface area contributed by atoms with E-state index >= 15 is 0 Å². The Hall–Kier alpha value is -3.28. The molecule has 0 radical (unpaired) electrons. The number of rotatable bonds is 4. The van der Waals surface area contributed by atoms with Gasteiger partial charge in [-0.25, -0.2) is 14.6 Å². The van der Waals surface area contributed by atoms with Crippen LogP contribution in [0, 0.1) is 6.92 Å². The van der Waals surface area contributed by atoms with Crippen LogP contribution in [0.4, 0.5) is 0 Å². The molecule has 0 saturated heterocycles. The lowest BCUT2D eigenvalue weighted by atomic mass is 10.1. The maximum Gasteiger partial charge on any atom is 0.202 e. The van der Waals surface area contributed by atoms with Gasteiger partial charge in [-0.1, -0.05) is 18.2 Å². The van der Waals surface area contributed by atoms with Crippen LogP contribution in [-0.2, 0) is 6.54 Å². The van der Waals surface area contributed by atoms with Gasteiger partial charge in [-0.15, -0.1) is 0 Å². The third kappa shape index (κ3) is 2.72. The van der Waals surface area contributed by atoms with Crippen molar-refractivity contribution in [2.75, 3.05) is 0 Å². The Labute approximate surface area is 162 Å². The van der Waals surface area contributed by atoms with Crippen molar-refractivity contribution in [1.82, 2.24) is 24.3 Å². The van der Waals surface area contributed by atoms with Gasteiger partial charge in [0.25, 0.3) is 0 Å². The Morgan fingerprint density at radius 2 is 1.86 bits per heavy atom. The third-order valence-electron chi connectivity index (χ3n) is 5.21. The van der Waals surface area contributed by atoms with Crippen LogP contribution in [0.2, 0.25) is 0 Å². The molecule has 1 aromatic carbocycles. The van der Waals surface area contributed by atoms with E-state index < -0.39 is 0 Å². The third-order valence-corrected chi connectivity index (χ3v) is 5.21. The Balaban J connectivity index is 1.80. The Kier molecular flexibility index (Phi) is 3.86. The molecular weight excluding hydrogens is 350 g/mol. The van der Waals surface area contributed by atoms with E-state index in [0.717, 1.165) is 36.6 Å². The average molecular weight is 371 g/mol. The highest BCUT2D eigenvalue weighted by atomic mass is 16.1. The molecule has 0 unspecified atom stereocenters. The van der Waals surface area contributed by atoms with Gasteiger partial charge in [0.05, 0.1) is 16.6 Å².